The number of carbonyl (C=O) groups excluding carboxylic acids is 2. The highest BCUT2D eigenvalue weighted by molar-refractivity contribution is 7.86. The number of hydrogen-bond acceptors (Lipinski definition) is 5. The molecule has 0 aliphatic heterocycles. The zero-order valence-electron chi connectivity index (χ0n) is 16.8. The van der Waals surface area contributed by atoms with Crippen LogP contribution in [0.15, 0.2) is 12.2 Å². The largest absolute Gasteiger partial charge is 0.469 e. The lowest BCUT2D eigenvalue weighted by molar-refractivity contribution is -0.140. The summed E-state index contributed by atoms with van der Waals surface area (Å²) < 4.78 is 36.9. The number of methoxy groups -OCH3 is 1. The molecule has 158 valence electrons. The van der Waals surface area contributed by atoms with Crippen molar-refractivity contribution in [2.24, 2.45) is 0 Å². The van der Waals surface area contributed by atoms with Crippen LogP contribution in [0.4, 0.5) is 0 Å². The third-order valence-electron chi connectivity index (χ3n) is 4.48. The molecule has 0 fully saturated rings. The van der Waals surface area contributed by atoms with E-state index in [1.54, 1.807) is 13.0 Å². The monoisotopic (exact) mass is 404 g/mol. The van der Waals surface area contributed by atoms with Gasteiger partial charge < -0.3 is 9.53 Å². The minimum Gasteiger partial charge on any atom is -0.469 e. The predicted molar refractivity (Wildman–Crippen MR) is 107 cm³/mol. The average molecular weight is 405 g/mol. The van der Waals surface area contributed by atoms with Gasteiger partial charge in [-0.2, -0.15) is 8.42 Å². The van der Waals surface area contributed by atoms with Crippen LogP contribution in [0, 0.1) is 0 Å². The Labute approximate surface area is 164 Å². The van der Waals surface area contributed by atoms with Crippen LogP contribution in [0.5, 0.6) is 0 Å². The normalized spacial score (nSPS) is 13.0. The first-order valence-electron chi connectivity index (χ1n) is 9.96. The van der Waals surface area contributed by atoms with E-state index in [2.05, 4.69) is 4.74 Å². The van der Waals surface area contributed by atoms with Crippen molar-refractivity contribution in [3.05, 3.63) is 12.2 Å². The van der Waals surface area contributed by atoms with Crippen LogP contribution in [0.2, 0.25) is 0 Å². The Morgan fingerprint density at radius 2 is 1.48 bits per heavy atom. The first kappa shape index (κ1) is 25.8. The smallest absolute Gasteiger partial charge is 0.305 e. The fourth-order valence-electron chi connectivity index (χ4n) is 2.83. The van der Waals surface area contributed by atoms with Gasteiger partial charge in [-0.1, -0.05) is 50.7 Å². The van der Waals surface area contributed by atoms with Crippen molar-refractivity contribution < 1.29 is 27.3 Å². The second-order valence-corrected chi connectivity index (χ2v) is 8.65. The number of esters is 1. The van der Waals surface area contributed by atoms with Crippen LogP contribution < -0.4 is 0 Å². The van der Waals surface area contributed by atoms with Crippen LogP contribution in [0.1, 0.15) is 90.4 Å². The summed E-state index contributed by atoms with van der Waals surface area (Å²) >= 11 is 0. The van der Waals surface area contributed by atoms with E-state index in [1.165, 1.54) is 7.11 Å². The Balaban J connectivity index is 3.92. The molecule has 0 amide bonds. The summed E-state index contributed by atoms with van der Waals surface area (Å²) in [5, 5.41) is -0.842. The Hall–Kier alpha value is -1.21. The number of ketones is 1. The molecule has 1 unspecified atom stereocenters. The number of unbranched alkanes of at least 4 members (excludes halogenated alkanes) is 8. The summed E-state index contributed by atoms with van der Waals surface area (Å²) in [6.07, 6.45) is 13.8. The highest BCUT2D eigenvalue weighted by Gasteiger charge is 2.19. The van der Waals surface area contributed by atoms with E-state index < -0.39 is 15.4 Å². The Morgan fingerprint density at radius 3 is 2.07 bits per heavy atom. The molecule has 0 aromatic carbocycles. The molecule has 0 heterocycles. The van der Waals surface area contributed by atoms with Crippen molar-refractivity contribution >= 4 is 21.9 Å². The van der Waals surface area contributed by atoms with Gasteiger partial charge in [0.2, 0.25) is 0 Å². The molecule has 6 nitrogen and oxygen atoms in total. The summed E-state index contributed by atoms with van der Waals surface area (Å²) in [5.41, 5.74) is 0. The van der Waals surface area contributed by atoms with Crippen LogP contribution in [-0.2, 0) is 24.4 Å². The van der Waals surface area contributed by atoms with Gasteiger partial charge in [0, 0.05) is 12.8 Å². The van der Waals surface area contributed by atoms with Gasteiger partial charge in [0.05, 0.1) is 7.11 Å². The molecule has 0 aromatic rings. The highest BCUT2D eigenvalue weighted by atomic mass is 32.2. The van der Waals surface area contributed by atoms with E-state index in [4.69, 9.17) is 0 Å². The van der Waals surface area contributed by atoms with Gasteiger partial charge in [-0.05, 0) is 39.0 Å². The summed E-state index contributed by atoms with van der Waals surface area (Å²) in [6, 6.07) is 0. The Kier molecular flexibility index (Phi) is 15.1. The van der Waals surface area contributed by atoms with Gasteiger partial charge in [0.25, 0.3) is 10.1 Å². The molecule has 0 saturated heterocycles. The first-order chi connectivity index (χ1) is 12.8. The number of ether oxygens (including phenoxy) is 1. The molecule has 27 heavy (non-hydrogen) atoms. The van der Waals surface area contributed by atoms with E-state index in [9.17, 15) is 22.6 Å². The number of hydrogen-bond donors (Lipinski definition) is 1. The van der Waals surface area contributed by atoms with Crippen LogP contribution >= 0.6 is 0 Å². The van der Waals surface area contributed by atoms with Gasteiger partial charge in [-0.15, -0.1) is 0 Å². The van der Waals surface area contributed by atoms with E-state index in [1.807, 2.05) is 6.08 Å². The maximum Gasteiger partial charge on any atom is 0.305 e. The molecule has 0 aliphatic carbocycles. The predicted octanol–water partition coefficient (Wildman–Crippen LogP) is 4.63. The maximum absolute atomic E-state index is 11.5. The van der Waals surface area contributed by atoms with Crippen molar-refractivity contribution in [1.29, 1.82) is 0 Å². The third kappa shape index (κ3) is 16.7. The van der Waals surface area contributed by atoms with E-state index in [0.717, 1.165) is 64.2 Å². The zero-order chi connectivity index (χ0) is 20.5. The Bertz CT molecular complexity index is 539. The molecule has 0 rings (SSSR count). The van der Waals surface area contributed by atoms with Gasteiger partial charge in [0.15, 0.2) is 0 Å². The lowest BCUT2D eigenvalue weighted by Gasteiger charge is -2.09. The molecule has 0 radical (unpaired) electrons. The molecule has 0 aliphatic rings. The van der Waals surface area contributed by atoms with Gasteiger partial charge >= 0.3 is 5.97 Å². The fraction of sp³-hybridized carbons (Fsp3) is 0.800. The summed E-state index contributed by atoms with van der Waals surface area (Å²) in [6.45, 7) is 1.60. The molecule has 0 saturated carbocycles. The number of allylic oxidation sites excluding steroid dienone is 1. The third-order valence-corrected chi connectivity index (χ3v) is 5.64. The number of Topliss-reactive ketones (excluding diaryl/α,β-unsaturated/α-hetero) is 1. The molecule has 0 bridgehead atoms. The molecule has 1 N–H and O–H groups in total. The quantitative estimate of drug-likeness (QED) is 0.164. The maximum atomic E-state index is 11.5. The molecule has 0 spiro atoms. The van der Waals surface area contributed by atoms with Crippen LogP contribution in [-0.4, -0.2) is 37.1 Å². The van der Waals surface area contributed by atoms with Crippen molar-refractivity contribution in [2.75, 3.05) is 7.11 Å². The summed E-state index contributed by atoms with van der Waals surface area (Å²) in [7, 11) is -2.70. The zero-order valence-corrected chi connectivity index (χ0v) is 17.6. The Morgan fingerprint density at radius 1 is 0.926 bits per heavy atom. The van der Waals surface area contributed by atoms with Crippen molar-refractivity contribution in [2.45, 2.75) is 95.6 Å². The second kappa shape index (κ2) is 15.8. The fourth-order valence-corrected chi connectivity index (χ4v) is 3.60. The van der Waals surface area contributed by atoms with Crippen LogP contribution in [0.3, 0.4) is 0 Å². The second-order valence-electron chi connectivity index (χ2n) is 7.02. The van der Waals surface area contributed by atoms with E-state index in [0.29, 0.717) is 19.3 Å². The van der Waals surface area contributed by atoms with Crippen molar-refractivity contribution in [3.63, 3.8) is 0 Å². The minimum absolute atomic E-state index is 0.203. The first-order valence-corrected chi connectivity index (χ1v) is 11.5. The standard InChI is InChI=1S/C20H36O6S/c1-18(21)14-10-6-3-4-7-11-15-19(27(23,24)25)16-12-8-5-9-13-17-20(22)26-2/h11,15,19H,3-10,12-14,16-17H2,1-2H3,(H,23,24,25)/b15-11+. The average Bonchev–Trinajstić information content (AvgIpc) is 2.59. The minimum atomic E-state index is -4.07. The van der Waals surface area contributed by atoms with Gasteiger partial charge in [-0.25, -0.2) is 0 Å². The molecule has 1 atom stereocenters. The SMILES string of the molecule is COC(=O)CCCCCCCC(/C=C/CCCCCCC(C)=O)S(=O)(=O)O. The molecule has 7 heteroatoms. The molecular weight excluding hydrogens is 368 g/mol. The van der Waals surface area contributed by atoms with Crippen molar-refractivity contribution in [3.8, 4) is 0 Å². The van der Waals surface area contributed by atoms with Crippen molar-refractivity contribution in [1.82, 2.24) is 0 Å². The van der Waals surface area contributed by atoms with Gasteiger partial charge in [-0.3, -0.25) is 9.35 Å². The van der Waals surface area contributed by atoms with Gasteiger partial charge in [0.1, 0.15) is 11.0 Å². The molecule has 0 aromatic heterocycles. The lowest BCUT2D eigenvalue weighted by atomic mass is 10.1. The highest BCUT2D eigenvalue weighted by Crippen LogP contribution is 2.15. The molecular formula is C20H36O6S. The summed E-state index contributed by atoms with van der Waals surface area (Å²) in [4.78, 5) is 21.8. The number of carbonyl (C=O) groups is 2. The van der Waals surface area contributed by atoms with E-state index in [-0.39, 0.29) is 11.8 Å². The summed E-state index contributed by atoms with van der Waals surface area (Å²) in [5.74, 6) is 0.0137. The van der Waals surface area contributed by atoms with Crippen LogP contribution in [0.25, 0.3) is 0 Å². The number of rotatable bonds is 17. The lowest BCUT2D eigenvalue weighted by Crippen LogP contribution is -2.17. The van der Waals surface area contributed by atoms with E-state index >= 15 is 0 Å². The topological polar surface area (TPSA) is 97.7 Å².